The number of anilines is 1. The molecule has 0 aliphatic heterocycles. The number of carbonyl (C=O) groups excluding carboxylic acids is 2. The van der Waals surface area contributed by atoms with Gasteiger partial charge >= 0.3 is 6.03 Å². The van der Waals surface area contributed by atoms with Gasteiger partial charge in [0.2, 0.25) is 5.88 Å². The molecule has 3 aromatic rings. The zero-order valence-corrected chi connectivity index (χ0v) is 19.2. The van der Waals surface area contributed by atoms with Crippen molar-refractivity contribution in [2.45, 2.75) is 13.8 Å². The summed E-state index contributed by atoms with van der Waals surface area (Å²) in [7, 11) is 0. The summed E-state index contributed by atoms with van der Waals surface area (Å²) < 4.78 is 5.77. The Hall–Kier alpha value is -2.51. The highest BCUT2D eigenvalue weighted by Crippen LogP contribution is 2.40. The lowest BCUT2D eigenvalue weighted by molar-refractivity contribution is 0.0967. The number of halogens is 4. The van der Waals surface area contributed by atoms with E-state index in [0.717, 1.165) is 0 Å². The zero-order chi connectivity index (χ0) is 22.7. The number of ether oxygens (including phenoxy) is 1. The molecule has 0 radical (unpaired) electrons. The molecule has 0 atom stereocenters. The Labute approximate surface area is 198 Å². The van der Waals surface area contributed by atoms with Crippen LogP contribution >= 0.6 is 46.4 Å². The fraction of sp³-hybridized carbons (Fsp3) is 0.0952. The molecule has 0 aliphatic rings. The van der Waals surface area contributed by atoms with E-state index in [1.54, 1.807) is 38.1 Å². The quantitative estimate of drug-likeness (QED) is 0.403. The SMILES string of the molecule is Cc1cc(NC(=O)NC(=O)c2ccccc2Cl)c(C)c(Cl)c1Oc1ncc(Cl)cc1Cl. The number of benzene rings is 2. The van der Waals surface area contributed by atoms with Crippen molar-refractivity contribution in [3.63, 3.8) is 0 Å². The van der Waals surface area contributed by atoms with Crippen LogP contribution in [-0.2, 0) is 0 Å². The Morgan fingerprint density at radius 1 is 1.00 bits per heavy atom. The van der Waals surface area contributed by atoms with Crippen LogP contribution in [0.5, 0.6) is 11.6 Å². The summed E-state index contributed by atoms with van der Waals surface area (Å²) in [6.07, 6.45) is 1.40. The number of imide groups is 1. The fourth-order valence-corrected chi connectivity index (χ4v) is 3.58. The van der Waals surface area contributed by atoms with Gasteiger partial charge in [0.25, 0.3) is 5.91 Å². The number of aryl methyl sites for hydroxylation is 1. The van der Waals surface area contributed by atoms with Gasteiger partial charge in [-0.05, 0) is 49.2 Å². The second-order valence-electron chi connectivity index (χ2n) is 6.44. The number of aromatic nitrogens is 1. The summed E-state index contributed by atoms with van der Waals surface area (Å²) in [6, 6.07) is 8.81. The van der Waals surface area contributed by atoms with E-state index in [1.807, 2.05) is 0 Å². The van der Waals surface area contributed by atoms with E-state index in [9.17, 15) is 9.59 Å². The summed E-state index contributed by atoms with van der Waals surface area (Å²) in [5, 5.41) is 5.92. The molecule has 2 aromatic carbocycles. The monoisotopic (exact) mass is 497 g/mol. The summed E-state index contributed by atoms with van der Waals surface area (Å²) in [5.74, 6) is -0.166. The van der Waals surface area contributed by atoms with Gasteiger partial charge in [-0.2, -0.15) is 0 Å². The van der Waals surface area contributed by atoms with Crippen molar-refractivity contribution in [3.05, 3.63) is 79.4 Å². The zero-order valence-electron chi connectivity index (χ0n) is 16.2. The van der Waals surface area contributed by atoms with E-state index >= 15 is 0 Å². The van der Waals surface area contributed by atoms with Crippen molar-refractivity contribution in [3.8, 4) is 11.6 Å². The number of hydrogen-bond donors (Lipinski definition) is 2. The summed E-state index contributed by atoms with van der Waals surface area (Å²) >= 11 is 24.4. The Kier molecular flexibility index (Phi) is 7.28. The summed E-state index contributed by atoms with van der Waals surface area (Å²) in [6.45, 7) is 3.43. The molecule has 3 amide bonds. The van der Waals surface area contributed by atoms with E-state index in [0.29, 0.717) is 27.6 Å². The van der Waals surface area contributed by atoms with Crippen molar-refractivity contribution in [2.75, 3.05) is 5.32 Å². The van der Waals surface area contributed by atoms with E-state index in [-0.39, 0.29) is 26.5 Å². The summed E-state index contributed by atoms with van der Waals surface area (Å²) in [4.78, 5) is 28.7. The van der Waals surface area contributed by atoms with E-state index in [2.05, 4.69) is 15.6 Å². The average Bonchev–Trinajstić information content (AvgIpc) is 2.70. The van der Waals surface area contributed by atoms with Gasteiger partial charge in [0.05, 0.1) is 20.6 Å². The number of rotatable bonds is 4. The van der Waals surface area contributed by atoms with Crippen molar-refractivity contribution in [2.24, 2.45) is 0 Å². The van der Waals surface area contributed by atoms with Gasteiger partial charge in [0.15, 0.2) is 5.75 Å². The van der Waals surface area contributed by atoms with Gasteiger partial charge < -0.3 is 10.1 Å². The molecule has 0 aliphatic carbocycles. The van der Waals surface area contributed by atoms with E-state index in [1.165, 1.54) is 18.3 Å². The first-order valence-corrected chi connectivity index (χ1v) is 10.3. The molecule has 0 saturated heterocycles. The molecule has 160 valence electrons. The molecule has 0 spiro atoms. The topological polar surface area (TPSA) is 80.3 Å². The lowest BCUT2D eigenvalue weighted by Gasteiger charge is -2.17. The number of nitrogens with one attached hydrogen (secondary N) is 2. The third kappa shape index (κ3) is 5.40. The highest BCUT2D eigenvalue weighted by molar-refractivity contribution is 6.35. The molecule has 0 unspecified atom stereocenters. The average molecular weight is 499 g/mol. The molecule has 0 fully saturated rings. The minimum Gasteiger partial charge on any atom is -0.436 e. The molecule has 2 N–H and O–H groups in total. The number of amides is 3. The fourth-order valence-electron chi connectivity index (χ4n) is 2.65. The molecular weight excluding hydrogens is 484 g/mol. The maximum absolute atomic E-state index is 12.3. The van der Waals surface area contributed by atoms with Crippen LogP contribution in [0.15, 0.2) is 42.6 Å². The van der Waals surface area contributed by atoms with Crippen LogP contribution in [0.2, 0.25) is 20.1 Å². The van der Waals surface area contributed by atoms with Gasteiger partial charge in [0.1, 0.15) is 5.02 Å². The second-order valence-corrected chi connectivity index (χ2v) is 8.07. The third-order valence-corrected chi connectivity index (χ3v) is 5.48. The molecule has 3 rings (SSSR count). The predicted molar refractivity (Wildman–Crippen MR) is 123 cm³/mol. The third-order valence-electron chi connectivity index (χ3n) is 4.22. The predicted octanol–water partition coefficient (Wildman–Crippen LogP) is 7.07. The minimum atomic E-state index is -0.737. The number of nitrogens with zero attached hydrogens (tertiary/aromatic N) is 1. The molecule has 1 heterocycles. The Morgan fingerprint density at radius 2 is 1.71 bits per heavy atom. The van der Waals surface area contributed by atoms with Gasteiger partial charge in [-0.15, -0.1) is 0 Å². The van der Waals surface area contributed by atoms with Crippen LogP contribution < -0.4 is 15.4 Å². The highest BCUT2D eigenvalue weighted by Gasteiger charge is 2.19. The van der Waals surface area contributed by atoms with E-state index < -0.39 is 11.9 Å². The Balaban J connectivity index is 1.79. The normalized spacial score (nSPS) is 10.5. The van der Waals surface area contributed by atoms with Crippen LogP contribution in [0.4, 0.5) is 10.5 Å². The van der Waals surface area contributed by atoms with Crippen molar-refractivity contribution in [1.82, 2.24) is 10.3 Å². The molecule has 6 nitrogen and oxygen atoms in total. The van der Waals surface area contributed by atoms with Crippen LogP contribution in [0.1, 0.15) is 21.5 Å². The summed E-state index contributed by atoms with van der Waals surface area (Å²) in [5.41, 5.74) is 1.71. The van der Waals surface area contributed by atoms with E-state index in [4.69, 9.17) is 51.1 Å². The number of pyridine rings is 1. The smallest absolute Gasteiger partial charge is 0.326 e. The first-order valence-electron chi connectivity index (χ1n) is 8.82. The molecule has 10 heteroatoms. The van der Waals surface area contributed by atoms with Crippen molar-refractivity contribution >= 4 is 64.0 Å². The number of hydrogen-bond acceptors (Lipinski definition) is 4. The minimum absolute atomic E-state index is 0.138. The lowest BCUT2D eigenvalue weighted by Crippen LogP contribution is -2.34. The first-order chi connectivity index (χ1) is 14.7. The molecule has 0 saturated carbocycles. The second kappa shape index (κ2) is 9.75. The Morgan fingerprint density at radius 3 is 2.39 bits per heavy atom. The van der Waals surface area contributed by atoms with Crippen LogP contribution in [0.25, 0.3) is 0 Å². The lowest BCUT2D eigenvalue weighted by atomic mass is 10.1. The number of carbonyl (C=O) groups is 2. The van der Waals surface area contributed by atoms with Crippen molar-refractivity contribution in [1.29, 1.82) is 0 Å². The highest BCUT2D eigenvalue weighted by atomic mass is 35.5. The van der Waals surface area contributed by atoms with Crippen molar-refractivity contribution < 1.29 is 14.3 Å². The first kappa shape index (κ1) is 23.2. The standard InChI is InChI=1S/C21H15Cl4N3O3/c1-10-7-16(27-21(30)28-19(29)13-5-3-4-6-14(13)23)11(2)17(25)18(10)31-20-15(24)8-12(22)9-26-20/h3-9H,1-2H3,(H2,27,28,29,30). The van der Waals surface area contributed by atoms with Gasteiger partial charge in [-0.25, -0.2) is 9.78 Å². The molecule has 31 heavy (non-hydrogen) atoms. The molecular formula is C21H15Cl4N3O3. The van der Waals surface area contributed by atoms with Crippen LogP contribution in [0, 0.1) is 13.8 Å². The largest absolute Gasteiger partial charge is 0.436 e. The van der Waals surface area contributed by atoms with Gasteiger partial charge in [-0.1, -0.05) is 58.5 Å². The molecule has 0 bridgehead atoms. The van der Waals surface area contributed by atoms with Gasteiger partial charge in [0, 0.05) is 11.9 Å². The number of urea groups is 1. The molecule has 1 aromatic heterocycles. The van der Waals surface area contributed by atoms with Crippen LogP contribution in [0.3, 0.4) is 0 Å². The maximum Gasteiger partial charge on any atom is 0.326 e. The van der Waals surface area contributed by atoms with Crippen LogP contribution in [-0.4, -0.2) is 16.9 Å². The Bertz CT molecular complexity index is 1180. The van der Waals surface area contributed by atoms with Gasteiger partial charge in [-0.3, -0.25) is 10.1 Å². The maximum atomic E-state index is 12.3.